The van der Waals surface area contributed by atoms with Crippen LogP contribution in [0.25, 0.3) is 0 Å². The SMILES string of the molecule is Cc1occc1Sc1ccc(F)cc1[C@@H](C)O. The van der Waals surface area contributed by atoms with E-state index in [4.69, 9.17) is 4.42 Å². The van der Waals surface area contributed by atoms with Gasteiger partial charge in [-0.05, 0) is 43.7 Å². The molecule has 1 heterocycles. The Kier molecular flexibility index (Phi) is 3.54. The monoisotopic (exact) mass is 252 g/mol. The molecule has 0 fully saturated rings. The van der Waals surface area contributed by atoms with Gasteiger partial charge in [0.2, 0.25) is 0 Å². The van der Waals surface area contributed by atoms with Crippen LogP contribution in [0.2, 0.25) is 0 Å². The zero-order chi connectivity index (χ0) is 12.4. The molecule has 1 N–H and O–H groups in total. The molecule has 0 radical (unpaired) electrons. The van der Waals surface area contributed by atoms with Crippen molar-refractivity contribution < 1.29 is 13.9 Å². The first kappa shape index (κ1) is 12.2. The lowest BCUT2D eigenvalue weighted by Crippen LogP contribution is -1.95. The van der Waals surface area contributed by atoms with Gasteiger partial charge in [0.1, 0.15) is 11.6 Å². The van der Waals surface area contributed by atoms with Crippen LogP contribution in [-0.4, -0.2) is 5.11 Å². The molecule has 0 saturated carbocycles. The van der Waals surface area contributed by atoms with Crippen molar-refractivity contribution in [2.24, 2.45) is 0 Å². The Hall–Kier alpha value is -1.26. The van der Waals surface area contributed by atoms with Crippen molar-refractivity contribution in [1.82, 2.24) is 0 Å². The third kappa shape index (κ3) is 2.70. The zero-order valence-electron chi connectivity index (χ0n) is 9.61. The fourth-order valence-electron chi connectivity index (χ4n) is 1.54. The van der Waals surface area contributed by atoms with Crippen molar-refractivity contribution in [3.05, 3.63) is 47.7 Å². The number of aryl methyl sites for hydroxylation is 1. The Bertz CT molecular complexity index is 520. The zero-order valence-corrected chi connectivity index (χ0v) is 10.4. The second kappa shape index (κ2) is 4.94. The van der Waals surface area contributed by atoms with Gasteiger partial charge < -0.3 is 9.52 Å². The van der Waals surface area contributed by atoms with Gasteiger partial charge in [-0.15, -0.1) is 0 Å². The summed E-state index contributed by atoms with van der Waals surface area (Å²) in [5, 5.41) is 9.62. The number of benzene rings is 1. The summed E-state index contributed by atoms with van der Waals surface area (Å²) in [5.41, 5.74) is 0.593. The third-order valence-corrected chi connectivity index (χ3v) is 3.69. The summed E-state index contributed by atoms with van der Waals surface area (Å²) >= 11 is 1.46. The largest absolute Gasteiger partial charge is 0.468 e. The van der Waals surface area contributed by atoms with Crippen molar-refractivity contribution in [2.45, 2.75) is 29.7 Å². The van der Waals surface area contributed by atoms with Crippen LogP contribution >= 0.6 is 11.8 Å². The minimum Gasteiger partial charge on any atom is -0.468 e. The Morgan fingerprint density at radius 2 is 2.06 bits per heavy atom. The van der Waals surface area contributed by atoms with Gasteiger partial charge in [0.05, 0.1) is 17.3 Å². The standard InChI is InChI=1S/C13H13FO2S/c1-8(15)11-7-10(14)3-4-13(11)17-12-5-6-16-9(12)2/h3-8,15H,1-2H3/t8-/m1/s1. The third-order valence-electron chi connectivity index (χ3n) is 2.45. The average molecular weight is 252 g/mol. The highest BCUT2D eigenvalue weighted by Gasteiger charge is 2.12. The van der Waals surface area contributed by atoms with E-state index in [2.05, 4.69) is 0 Å². The minimum atomic E-state index is -0.694. The highest BCUT2D eigenvalue weighted by Crippen LogP contribution is 2.35. The molecule has 2 aromatic rings. The second-order valence-electron chi connectivity index (χ2n) is 3.80. The number of hydrogen-bond acceptors (Lipinski definition) is 3. The van der Waals surface area contributed by atoms with Crippen LogP contribution in [0.3, 0.4) is 0 Å². The number of halogens is 1. The first-order chi connectivity index (χ1) is 8.08. The molecule has 1 aromatic heterocycles. The van der Waals surface area contributed by atoms with Crippen molar-refractivity contribution in [1.29, 1.82) is 0 Å². The lowest BCUT2D eigenvalue weighted by molar-refractivity contribution is 0.196. The maximum atomic E-state index is 13.1. The van der Waals surface area contributed by atoms with Crippen LogP contribution in [0.4, 0.5) is 4.39 Å². The maximum Gasteiger partial charge on any atom is 0.123 e. The lowest BCUT2D eigenvalue weighted by atomic mass is 10.1. The molecule has 90 valence electrons. The topological polar surface area (TPSA) is 33.4 Å². The fourth-order valence-corrected chi connectivity index (χ4v) is 2.57. The molecule has 2 nitrogen and oxygen atoms in total. The first-order valence-electron chi connectivity index (χ1n) is 5.27. The van der Waals surface area contributed by atoms with Crippen LogP contribution in [-0.2, 0) is 0 Å². The smallest absolute Gasteiger partial charge is 0.123 e. The van der Waals surface area contributed by atoms with Crippen LogP contribution in [0.15, 0.2) is 44.7 Å². The van der Waals surface area contributed by atoms with E-state index in [0.29, 0.717) is 5.56 Å². The normalized spacial score (nSPS) is 12.7. The summed E-state index contributed by atoms with van der Waals surface area (Å²) in [6, 6.07) is 6.29. The van der Waals surface area contributed by atoms with Crippen LogP contribution in [0.1, 0.15) is 24.4 Å². The fraction of sp³-hybridized carbons (Fsp3) is 0.231. The van der Waals surface area contributed by atoms with E-state index in [1.165, 1.54) is 23.9 Å². The molecule has 0 bridgehead atoms. The Morgan fingerprint density at radius 3 is 2.65 bits per heavy atom. The first-order valence-corrected chi connectivity index (χ1v) is 6.09. The molecule has 0 aliphatic carbocycles. The van der Waals surface area contributed by atoms with E-state index < -0.39 is 6.10 Å². The molecule has 1 aromatic carbocycles. The van der Waals surface area contributed by atoms with Gasteiger partial charge >= 0.3 is 0 Å². The van der Waals surface area contributed by atoms with Crippen LogP contribution in [0, 0.1) is 12.7 Å². The molecule has 0 aliphatic heterocycles. The molecule has 1 atom stereocenters. The number of rotatable bonds is 3. The predicted molar refractivity (Wildman–Crippen MR) is 64.6 cm³/mol. The van der Waals surface area contributed by atoms with Crippen molar-refractivity contribution in [3.63, 3.8) is 0 Å². The Morgan fingerprint density at radius 1 is 1.29 bits per heavy atom. The van der Waals surface area contributed by atoms with Crippen molar-refractivity contribution >= 4 is 11.8 Å². The summed E-state index contributed by atoms with van der Waals surface area (Å²) in [5.74, 6) is 0.477. The molecule has 2 rings (SSSR count). The summed E-state index contributed by atoms with van der Waals surface area (Å²) in [4.78, 5) is 1.81. The van der Waals surface area contributed by atoms with E-state index >= 15 is 0 Å². The molecule has 0 aliphatic rings. The molecular weight excluding hydrogens is 239 g/mol. The lowest BCUT2D eigenvalue weighted by Gasteiger charge is -2.11. The summed E-state index contributed by atoms with van der Waals surface area (Å²) in [6.07, 6.45) is 0.920. The molecule has 4 heteroatoms. The van der Waals surface area contributed by atoms with Crippen molar-refractivity contribution in [3.8, 4) is 0 Å². The average Bonchev–Trinajstić information content (AvgIpc) is 2.67. The van der Waals surface area contributed by atoms with Crippen LogP contribution in [0.5, 0.6) is 0 Å². The van der Waals surface area contributed by atoms with E-state index in [-0.39, 0.29) is 5.82 Å². The molecule has 0 amide bonds. The van der Waals surface area contributed by atoms with E-state index in [9.17, 15) is 9.50 Å². The van der Waals surface area contributed by atoms with Gasteiger partial charge in [-0.1, -0.05) is 11.8 Å². The maximum absolute atomic E-state index is 13.1. The van der Waals surface area contributed by atoms with Crippen molar-refractivity contribution in [2.75, 3.05) is 0 Å². The number of aliphatic hydroxyl groups is 1. The van der Waals surface area contributed by atoms with E-state index in [1.54, 1.807) is 19.3 Å². The van der Waals surface area contributed by atoms with E-state index in [0.717, 1.165) is 15.6 Å². The number of hydrogen-bond donors (Lipinski definition) is 1. The Labute approximate surface area is 103 Å². The van der Waals surface area contributed by atoms with Gasteiger partial charge in [0, 0.05) is 4.90 Å². The Balaban J connectivity index is 2.36. The highest BCUT2D eigenvalue weighted by molar-refractivity contribution is 7.99. The summed E-state index contributed by atoms with van der Waals surface area (Å²) < 4.78 is 18.3. The molecule has 0 unspecified atom stereocenters. The van der Waals surface area contributed by atoms with E-state index in [1.807, 2.05) is 13.0 Å². The van der Waals surface area contributed by atoms with Gasteiger partial charge in [-0.2, -0.15) is 0 Å². The predicted octanol–water partition coefficient (Wildman–Crippen LogP) is 3.93. The van der Waals surface area contributed by atoms with Gasteiger partial charge in [-0.25, -0.2) is 4.39 Å². The summed E-state index contributed by atoms with van der Waals surface area (Å²) in [7, 11) is 0. The molecule has 0 saturated heterocycles. The van der Waals surface area contributed by atoms with Gasteiger partial charge in [0.25, 0.3) is 0 Å². The molecular formula is C13H13FO2S. The number of furan rings is 1. The van der Waals surface area contributed by atoms with Gasteiger partial charge in [0.15, 0.2) is 0 Å². The number of aliphatic hydroxyl groups excluding tert-OH is 1. The summed E-state index contributed by atoms with van der Waals surface area (Å²) in [6.45, 7) is 3.50. The highest BCUT2D eigenvalue weighted by atomic mass is 32.2. The quantitative estimate of drug-likeness (QED) is 0.898. The minimum absolute atomic E-state index is 0.339. The molecule has 0 spiro atoms. The van der Waals surface area contributed by atoms with Gasteiger partial charge in [-0.3, -0.25) is 0 Å². The second-order valence-corrected chi connectivity index (χ2v) is 4.88. The van der Waals surface area contributed by atoms with Crippen LogP contribution < -0.4 is 0 Å². The molecule has 17 heavy (non-hydrogen) atoms.